The lowest BCUT2D eigenvalue weighted by Crippen LogP contribution is -2.48. The maximum atomic E-state index is 13.1. The number of carbonyl (C=O) groups is 2. The zero-order chi connectivity index (χ0) is 21.8. The van der Waals surface area contributed by atoms with Gasteiger partial charge >= 0.3 is 0 Å². The molecule has 1 saturated heterocycles. The van der Waals surface area contributed by atoms with Crippen molar-refractivity contribution in [2.24, 2.45) is 0 Å². The summed E-state index contributed by atoms with van der Waals surface area (Å²) in [6, 6.07) is 13.2. The number of nitrogens with one attached hydrogen (secondary N) is 1. The van der Waals surface area contributed by atoms with E-state index >= 15 is 0 Å². The van der Waals surface area contributed by atoms with Gasteiger partial charge in [-0.25, -0.2) is 0 Å². The van der Waals surface area contributed by atoms with Gasteiger partial charge in [0.1, 0.15) is 0 Å². The van der Waals surface area contributed by atoms with E-state index in [4.69, 9.17) is 16.3 Å². The number of halogens is 1. The fraction of sp³-hybridized carbons (Fsp3) is 0.304. The number of ether oxygens (including phenoxy) is 1. The average molecular weight is 458 g/mol. The molecule has 1 N–H and O–H groups in total. The van der Waals surface area contributed by atoms with Crippen LogP contribution >= 0.6 is 23.4 Å². The van der Waals surface area contributed by atoms with Gasteiger partial charge in [-0.05, 0) is 48.9 Å². The van der Waals surface area contributed by atoms with Gasteiger partial charge < -0.3 is 19.9 Å². The number of aryl methyl sites for hydroxylation is 1. The van der Waals surface area contributed by atoms with Gasteiger partial charge in [0.15, 0.2) is 5.76 Å². The molecule has 2 aromatic rings. The van der Waals surface area contributed by atoms with Gasteiger partial charge in [-0.1, -0.05) is 17.7 Å². The van der Waals surface area contributed by atoms with Crippen molar-refractivity contribution in [1.29, 1.82) is 0 Å². The lowest BCUT2D eigenvalue weighted by Gasteiger charge is -2.36. The van der Waals surface area contributed by atoms with E-state index in [1.54, 1.807) is 23.2 Å². The number of thioether (sulfide) groups is 1. The van der Waals surface area contributed by atoms with Gasteiger partial charge in [0, 0.05) is 59.3 Å². The van der Waals surface area contributed by atoms with Crippen LogP contribution < -0.4 is 10.2 Å². The van der Waals surface area contributed by atoms with E-state index in [1.165, 1.54) is 0 Å². The molecule has 2 heterocycles. The van der Waals surface area contributed by atoms with Crippen LogP contribution in [0.3, 0.4) is 0 Å². The van der Waals surface area contributed by atoms with Crippen molar-refractivity contribution in [2.75, 3.05) is 48.8 Å². The normalized spacial score (nSPS) is 16.4. The molecular formula is C23H24ClN3O3S. The van der Waals surface area contributed by atoms with Crippen molar-refractivity contribution in [3.63, 3.8) is 0 Å². The van der Waals surface area contributed by atoms with Crippen LogP contribution in [-0.2, 0) is 9.53 Å². The SMILES string of the molecule is Cc1ccc(C(=O)N2CCN(c3ccc(Cl)cc3)CC2)cc1NC(=O)C1=CSCCO1. The Bertz CT molecular complexity index is 1000. The fourth-order valence-electron chi connectivity index (χ4n) is 3.56. The first kappa shape index (κ1) is 21.6. The zero-order valence-corrected chi connectivity index (χ0v) is 18.8. The number of rotatable bonds is 4. The first-order valence-corrected chi connectivity index (χ1v) is 11.6. The maximum Gasteiger partial charge on any atom is 0.291 e. The van der Waals surface area contributed by atoms with Crippen molar-refractivity contribution in [3.8, 4) is 0 Å². The average Bonchev–Trinajstić information content (AvgIpc) is 2.81. The topological polar surface area (TPSA) is 61.9 Å². The van der Waals surface area contributed by atoms with E-state index in [2.05, 4.69) is 10.2 Å². The molecule has 1 fully saturated rings. The van der Waals surface area contributed by atoms with Crippen molar-refractivity contribution in [1.82, 2.24) is 4.90 Å². The summed E-state index contributed by atoms with van der Waals surface area (Å²) in [5, 5.41) is 5.31. The molecule has 162 valence electrons. The lowest BCUT2D eigenvalue weighted by atomic mass is 10.1. The molecule has 0 radical (unpaired) electrons. The molecule has 2 amide bonds. The van der Waals surface area contributed by atoms with Crippen molar-refractivity contribution in [3.05, 3.63) is 69.8 Å². The predicted octanol–water partition coefficient (Wildman–Crippen LogP) is 4.15. The highest BCUT2D eigenvalue weighted by Crippen LogP contribution is 2.23. The standard InChI is InChI=1S/C23H24ClN3O3S/c1-16-2-3-17(14-20(16)25-22(28)21-15-31-13-12-30-21)23(29)27-10-8-26(9-11-27)19-6-4-18(24)5-7-19/h2-7,14-15H,8-13H2,1H3,(H,25,28). The summed E-state index contributed by atoms with van der Waals surface area (Å²) >= 11 is 7.53. The molecule has 2 aliphatic heterocycles. The van der Waals surface area contributed by atoms with E-state index in [1.807, 2.05) is 48.2 Å². The molecule has 0 unspecified atom stereocenters. The minimum atomic E-state index is -0.295. The highest BCUT2D eigenvalue weighted by molar-refractivity contribution is 8.02. The Morgan fingerprint density at radius 3 is 2.48 bits per heavy atom. The first-order chi connectivity index (χ1) is 15.0. The molecule has 0 bridgehead atoms. The smallest absolute Gasteiger partial charge is 0.291 e. The van der Waals surface area contributed by atoms with E-state index in [0.717, 1.165) is 30.1 Å². The fourth-order valence-corrected chi connectivity index (χ4v) is 4.31. The van der Waals surface area contributed by atoms with E-state index in [-0.39, 0.29) is 11.8 Å². The molecule has 6 nitrogen and oxygen atoms in total. The Morgan fingerprint density at radius 1 is 1.06 bits per heavy atom. The van der Waals surface area contributed by atoms with Crippen LogP contribution in [-0.4, -0.2) is 55.3 Å². The number of carbonyl (C=O) groups excluding carboxylic acids is 2. The van der Waals surface area contributed by atoms with Crippen LogP contribution in [0.2, 0.25) is 5.02 Å². The molecular weight excluding hydrogens is 434 g/mol. The second-order valence-electron chi connectivity index (χ2n) is 7.44. The molecule has 0 aliphatic carbocycles. The van der Waals surface area contributed by atoms with Gasteiger partial charge in [0.05, 0.1) is 6.61 Å². The zero-order valence-electron chi connectivity index (χ0n) is 17.3. The van der Waals surface area contributed by atoms with Crippen LogP contribution in [0.1, 0.15) is 15.9 Å². The van der Waals surface area contributed by atoms with Crippen LogP contribution in [0, 0.1) is 6.92 Å². The third-order valence-corrected chi connectivity index (χ3v) is 6.40. The third kappa shape index (κ3) is 5.17. The van der Waals surface area contributed by atoms with Crippen molar-refractivity contribution < 1.29 is 14.3 Å². The lowest BCUT2D eigenvalue weighted by molar-refractivity contribution is -0.116. The Hall–Kier alpha value is -2.64. The Kier molecular flexibility index (Phi) is 6.73. The van der Waals surface area contributed by atoms with Gasteiger partial charge in [0.25, 0.3) is 11.8 Å². The quantitative estimate of drug-likeness (QED) is 0.747. The molecule has 0 saturated carbocycles. The molecule has 0 atom stereocenters. The molecule has 4 rings (SSSR count). The van der Waals surface area contributed by atoms with Gasteiger partial charge in [-0.2, -0.15) is 0 Å². The summed E-state index contributed by atoms with van der Waals surface area (Å²) in [5.41, 5.74) is 3.18. The van der Waals surface area contributed by atoms with Gasteiger partial charge in [0.2, 0.25) is 0 Å². The van der Waals surface area contributed by atoms with Crippen LogP contribution in [0.4, 0.5) is 11.4 Å². The van der Waals surface area contributed by atoms with Gasteiger partial charge in [-0.15, -0.1) is 11.8 Å². The largest absolute Gasteiger partial charge is 0.487 e. The predicted molar refractivity (Wildman–Crippen MR) is 126 cm³/mol. The van der Waals surface area contributed by atoms with Crippen molar-refractivity contribution >= 4 is 46.6 Å². The molecule has 0 spiro atoms. The number of amides is 2. The van der Waals surface area contributed by atoms with Gasteiger partial charge in [-0.3, -0.25) is 9.59 Å². The van der Waals surface area contributed by atoms with E-state index in [9.17, 15) is 9.59 Å². The maximum absolute atomic E-state index is 13.1. The Balaban J connectivity index is 1.41. The summed E-state index contributed by atoms with van der Waals surface area (Å²) in [6.07, 6.45) is 0. The van der Waals surface area contributed by atoms with Crippen LogP contribution in [0.5, 0.6) is 0 Å². The number of piperazine rings is 1. The third-order valence-electron chi connectivity index (χ3n) is 5.36. The molecule has 0 aromatic heterocycles. The molecule has 2 aromatic carbocycles. The molecule has 31 heavy (non-hydrogen) atoms. The summed E-state index contributed by atoms with van der Waals surface area (Å²) in [7, 11) is 0. The van der Waals surface area contributed by atoms with E-state index in [0.29, 0.717) is 41.7 Å². The summed E-state index contributed by atoms with van der Waals surface area (Å²) in [6.45, 7) is 5.20. The summed E-state index contributed by atoms with van der Waals surface area (Å²) in [5.74, 6) is 0.822. The number of hydrogen-bond donors (Lipinski definition) is 1. The van der Waals surface area contributed by atoms with Crippen LogP contribution in [0.25, 0.3) is 0 Å². The second-order valence-corrected chi connectivity index (χ2v) is 8.85. The molecule has 2 aliphatic rings. The Labute approximate surface area is 191 Å². The first-order valence-electron chi connectivity index (χ1n) is 10.2. The Morgan fingerprint density at radius 2 is 1.81 bits per heavy atom. The number of anilines is 2. The highest BCUT2D eigenvalue weighted by atomic mass is 35.5. The second kappa shape index (κ2) is 9.66. The highest BCUT2D eigenvalue weighted by Gasteiger charge is 2.23. The number of nitrogens with zero attached hydrogens (tertiary/aromatic N) is 2. The summed E-state index contributed by atoms with van der Waals surface area (Å²) in [4.78, 5) is 29.6. The van der Waals surface area contributed by atoms with Crippen molar-refractivity contribution in [2.45, 2.75) is 6.92 Å². The molecule has 8 heteroatoms. The van der Waals surface area contributed by atoms with Crippen LogP contribution in [0.15, 0.2) is 53.6 Å². The minimum absolute atomic E-state index is 0.0325. The van der Waals surface area contributed by atoms with E-state index < -0.39 is 0 Å². The summed E-state index contributed by atoms with van der Waals surface area (Å²) < 4.78 is 5.42. The number of benzene rings is 2. The monoisotopic (exact) mass is 457 g/mol. The minimum Gasteiger partial charge on any atom is -0.487 e. The number of hydrogen-bond acceptors (Lipinski definition) is 5.